The van der Waals surface area contributed by atoms with E-state index in [1.165, 1.54) is 5.69 Å². The lowest BCUT2D eigenvalue weighted by molar-refractivity contribution is -0.386. The zero-order chi connectivity index (χ0) is 20.1. The number of nitro benzene ring substituents is 1. The summed E-state index contributed by atoms with van der Waals surface area (Å²) in [5.41, 5.74) is 3.95. The molecular formula is C22H25N3O3. The first kappa shape index (κ1) is 19.6. The first-order valence-electron chi connectivity index (χ1n) is 9.46. The molecule has 0 saturated heterocycles. The number of hydrogen-bond donors (Lipinski definition) is 0. The van der Waals surface area contributed by atoms with E-state index < -0.39 is 0 Å². The summed E-state index contributed by atoms with van der Waals surface area (Å²) in [6, 6.07) is 15.3. The molecule has 28 heavy (non-hydrogen) atoms. The minimum atomic E-state index is -0.385. The van der Waals surface area contributed by atoms with Gasteiger partial charge in [-0.3, -0.25) is 10.1 Å². The van der Waals surface area contributed by atoms with Gasteiger partial charge in [0.15, 0.2) is 5.75 Å². The summed E-state index contributed by atoms with van der Waals surface area (Å²) in [4.78, 5) is 15.5. The number of imidazole rings is 1. The molecule has 2 aromatic carbocycles. The SMILES string of the molecule is Cc1cccc(OCCCn2cnc(-c3ccccc3)c2C(C)C)c1[N+](=O)[O-]. The second-order valence-corrected chi connectivity index (χ2v) is 7.07. The fraction of sp³-hybridized carbons (Fsp3) is 0.318. The molecule has 6 heteroatoms. The third-order valence-electron chi connectivity index (χ3n) is 4.66. The standard InChI is InChI=1S/C22H25N3O3/c1-16(2)21-20(18-10-5-4-6-11-18)23-15-24(21)13-8-14-28-19-12-7-9-17(3)22(19)25(26)27/h4-7,9-12,15-16H,8,13-14H2,1-3H3. The average molecular weight is 379 g/mol. The molecule has 0 saturated carbocycles. The summed E-state index contributed by atoms with van der Waals surface area (Å²) in [7, 11) is 0. The lowest BCUT2D eigenvalue weighted by atomic mass is 10.0. The monoisotopic (exact) mass is 379 g/mol. The molecule has 0 aliphatic heterocycles. The van der Waals surface area contributed by atoms with E-state index in [2.05, 4.69) is 35.5 Å². The van der Waals surface area contributed by atoms with Gasteiger partial charge in [0.1, 0.15) is 0 Å². The molecule has 3 rings (SSSR count). The van der Waals surface area contributed by atoms with Crippen molar-refractivity contribution in [2.24, 2.45) is 0 Å². The number of aromatic nitrogens is 2. The van der Waals surface area contributed by atoms with Gasteiger partial charge in [0.2, 0.25) is 0 Å². The van der Waals surface area contributed by atoms with Gasteiger partial charge in [-0.15, -0.1) is 0 Å². The molecule has 0 aliphatic rings. The lowest BCUT2D eigenvalue weighted by Crippen LogP contribution is -2.09. The number of ether oxygens (including phenoxy) is 1. The molecule has 3 aromatic rings. The third kappa shape index (κ3) is 4.22. The minimum absolute atomic E-state index is 0.0411. The van der Waals surface area contributed by atoms with Crippen LogP contribution in [0.25, 0.3) is 11.3 Å². The Kier molecular flexibility index (Phi) is 6.09. The number of hydrogen-bond acceptors (Lipinski definition) is 4. The van der Waals surface area contributed by atoms with E-state index >= 15 is 0 Å². The molecule has 0 spiro atoms. The molecule has 146 valence electrons. The molecule has 0 fully saturated rings. The molecule has 0 unspecified atom stereocenters. The van der Waals surface area contributed by atoms with Crippen LogP contribution in [0.4, 0.5) is 5.69 Å². The molecule has 0 aliphatic carbocycles. The van der Waals surface area contributed by atoms with Crippen molar-refractivity contribution in [2.45, 2.75) is 39.7 Å². The summed E-state index contributed by atoms with van der Waals surface area (Å²) < 4.78 is 7.87. The van der Waals surface area contributed by atoms with Crippen LogP contribution in [0.3, 0.4) is 0 Å². The van der Waals surface area contributed by atoms with Crippen molar-refractivity contribution < 1.29 is 9.66 Å². The lowest BCUT2D eigenvalue weighted by Gasteiger charge is -2.14. The molecule has 1 aromatic heterocycles. The summed E-state index contributed by atoms with van der Waals surface area (Å²) in [6.45, 7) is 7.18. The van der Waals surface area contributed by atoms with Crippen molar-refractivity contribution in [2.75, 3.05) is 6.61 Å². The van der Waals surface area contributed by atoms with Crippen LogP contribution in [0.2, 0.25) is 0 Å². The second kappa shape index (κ2) is 8.69. The Morgan fingerprint density at radius 3 is 2.57 bits per heavy atom. The van der Waals surface area contributed by atoms with E-state index in [1.54, 1.807) is 25.1 Å². The van der Waals surface area contributed by atoms with Crippen molar-refractivity contribution in [3.05, 3.63) is 76.2 Å². The number of nitrogens with zero attached hydrogens (tertiary/aromatic N) is 3. The van der Waals surface area contributed by atoms with E-state index in [-0.39, 0.29) is 10.6 Å². The highest BCUT2D eigenvalue weighted by Crippen LogP contribution is 2.31. The quantitative estimate of drug-likeness (QED) is 0.300. The average Bonchev–Trinajstić information content (AvgIpc) is 3.10. The highest BCUT2D eigenvalue weighted by molar-refractivity contribution is 5.62. The maximum atomic E-state index is 11.3. The molecule has 0 bridgehead atoms. The zero-order valence-electron chi connectivity index (χ0n) is 16.5. The van der Waals surface area contributed by atoms with E-state index in [4.69, 9.17) is 4.74 Å². The van der Waals surface area contributed by atoms with Gasteiger partial charge in [0, 0.05) is 23.4 Å². The van der Waals surface area contributed by atoms with Crippen molar-refractivity contribution in [3.63, 3.8) is 0 Å². The Morgan fingerprint density at radius 1 is 1.14 bits per heavy atom. The fourth-order valence-electron chi connectivity index (χ4n) is 3.39. The Morgan fingerprint density at radius 2 is 1.89 bits per heavy atom. The van der Waals surface area contributed by atoms with E-state index in [0.29, 0.717) is 23.8 Å². The van der Waals surface area contributed by atoms with Crippen molar-refractivity contribution in [1.29, 1.82) is 0 Å². The Hall–Kier alpha value is -3.15. The largest absolute Gasteiger partial charge is 0.487 e. The van der Waals surface area contributed by atoms with Crippen LogP contribution < -0.4 is 4.74 Å². The summed E-state index contributed by atoms with van der Waals surface area (Å²) in [6.07, 6.45) is 2.60. The maximum Gasteiger partial charge on any atom is 0.313 e. The van der Waals surface area contributed by atoms with Gasteiger partial charge >= 0.3 is 5.69 Å². The first-order chi connectivity index (χ1) is 13.5. The van der Waals surface area contributed by atoms with Gasteiger partial charge in [-0.25, -0.2) is 4.98 Å². The van der Waals surface area contributed by atoms with Crippen molar-refractivity contribution in [1.82, 2.24) is 9.55 Å². The summed E-state index contributed by atoms with van der Waals surface area (Å²) >= 11 is 0. The predicted molar refractivity (Wildman–Crippen MR) is 110 cm³/mol. The minimum Gasteiger partial charge on any atom is -0.487 e. The number of aryl methyl sites for hydroxylation is 2. The van der Waals surface area contributed by atoms with Crippen molar-refractivity contribution in [3.8, 4) is 17.0 Å². The summed E-state index contributed by atoms with van der Waals surface area (Å²) in [5.74, 6) is 0.654. The van der Waals surface area contributed by atoms with Crippen LogP contribution in [0.15, 0.2) is 54.9 Å². The number of rotatable bonds is 8. The Bertz CT molecular complexity index is 949. The molecule has 1 heterocycles. The smallest absolute Gasteiger partial charge is 0.313 e. The molecule has 0 atom stereocenters. The topological polar surface area (TPSA) is 70.2 Å². The summed E-state index contributed by atoms with van der Waals surface area (Å²) in [5, 5.41) is 11.3. The molecule has 0 radical (unpaired) electrons. The van der Waals surface area contributed by atoms with Crippen molar-refractivity contribution >= 4 is 5.69 Å². The van der Waals surface area contributed by atoms with Gasteiger partial charge in [-0.1, -0.05) is 56.3 Å². The highest BCUT2D eigenvalue weighted by atomic mass is 16.6. The second-order valence-electron chi connectivity index (χ2n) is 7.07. The van der Waals surface area contributed by atoms with Gasteiger partial charge in [0.05, 0.1) is 23.6 Å². The maximum absolute atomic E-state index is 11.3. The van der Waals surface area contributed by atoms with E-state index in [1.807, 2.05) is 24.5 Å². The number of nitro groups is 1. The van der Waals surface area contributed by atoms with Gasteiger partial charge in [0.25, 0.3) is 0 Å². The van der Waals surface area contributed by atoms with Crippen LogP contribution in [-0.2, 0) is 6.54 Å². The van der Waals surface area contributed by atoms with Crippen LogP contribution in [-0.4, -0.2) is 21.1 Å². The van der Waals surface area contributed by atoms with E-state index in [9.17, 15) is 10.1 Å². The van der Waals surface area contributed by atoms with E-state index in [0.717, 1.165) is 24.2 Å². The molecule has 0 N–H and O–H groups in total. The van der Waals surface area contributed by atoms with Crippen LogP contribution in [0.1, 0.15) is 37.4 Å². The third-order valence-corrected chi connectivity index (χ3v) is 4.66. The molecular weight excluding hydrogens is 354 g/mol. The fourth-order valence-corrected chi connectivity index (χ4v) is 3.39. The predicted octanol–water partition coefficient (Wildman–Crippen LogP) is 5.36. The zero-order valence-corrected chi connectivity index (χ0v) is 16.5. The number of para-hydroxylation sites is 1. The van der Waals surface area contributed by atoms with Gasteiger partial charge in [-0.2, -0.15) is 0 Å². The highest BCUT2D eigenvalue weighted by Gasteiger charge is 2.18. The normalized spacial score (nSPS) is 11.0. The number of benzene rings is 2. The Balaban J connectivity index is 1.69. The van der Waals surface area contributed by atoms with Crippen LogP contribution in [0, 0.1) is 17.0 Å². The first-order valence-corrected chi connectivity index (χ1v) is 9.46. The van der Waals surface area contributed by atoms with Crippen LogP contribution >= 0.6 is 0 Å². The molecule has 6 nitrogen and oxygen atoms in total. The van der Waals surface area contributed by atoms with Gasteiger partial charge in [-0.05, 0) is 25.3 Å². The molecule has 0 amide bonds. The Labute approximate surface area is 165 Å². The van der Waals surface area contributed by atoms with Crippen LogP contribution in [0.5, 0.6) is 5.75 Å². The van der Waals surface area contributed by atoms with Gasteiger partial charge < -0.3 is 9.30 Å².